The fourth-order valence-corrected chi connectivity index (χ4v) is 5.26. The molecule has 0 spiro atoms. The van der Waals surface area contributed by atoms with Crippen molar-refractivity contribution in [3.63, 3.8) is 0 Å². The zero-order valence-corrected chi connectivity index (χ0v) is 24.7. The Morgan fingerprint density at radius 2 is 1.95 bits per heavy atom. The van der Waals surface area contributed by atoms with Gasteiger partial charge in [-0.3, -0.25) is 4.90 Å². The molecule has 1 fully saturated rings. The maximum atomic E-state index is 15.2. The van der Waals surface area contributed by atoms with Crippen molar-refractivity contribution in [2.45, 2.75) is 37.5 Å². The number of fused-ring (bicyclic) bond motifs is 1. The molecule has 0 bridgehead atoms. The second-order valence-electron chi connectivity index (χ2n) is 10.5. The molecule has 3 atom stereocenters. The number of rotatable bonds is 11. The molecule has 3 aromatic rings. The van der Waals surface area contributed by atoms with Crippen molar-refractivity contribution in [2.75, 3.05) is 64.7 Å². The summed E-state index contributed by atoms with van der Waals surface area (Å²) in [5, 5.41) is 16.7. The second kappa shape index (κ2) is 14.7. The van der Waals surface area contributed by atoms with Gasteiger partial charge in [0.15, 0.2) is 0 Å². The van der Waals surface area contributed by atoms with E-state index in [0.29, 0.717) is 53.1 Å². The molecule has 2 aromatic carbocycles. The van der Waals surface area contributed by atoms with E-state index in [9.17, 15) is 23.1 Å². The molecule has 4 rings (SSSR count). The van der Waals surface area contributed by atoms with Crippen LogP contribution in [0, 0.1) is 11.8 Å². The number of aliphatic hydroxyl groups excluding tert-OH is 1. The summed E-state index contributed by atoms with van der Waals surface area (Å²) in [6, 6.07) is 10.6. The van der Waals surface area contributed by atoms with Gasteiger partial charge in [0.2, 0.25) is 0 Å². The Balaban J connectivity index is 1.53. The highest BCUT2D eigenvalue weighted by molar-refractivity contribution is 5.94. The fraction of sp³-hybridized carbons (Fsp3) is 0.452. The van der Waals surface area contributed by atoms with Crippen LogP contribution in [0.5, 0.6) is 5.75 Å². The zero-order valence-electron chi connectivity index (χ0n) is 24.7. The molecule has 0 amide bonds. The number of halogens is 4. The van der Waals surface area contributed by atoms with Gasteiger partial charge in [-0.15, -0.1) is 0 Å². The summed E-state index contributed by atoms with van der Waals surface area (Å²) in [7, 11) is 4.20. The van der Waals surface area contributed by atoms with Crippen LogP contribution in [-0.4, -0.2) is 99.2 Å². The summed E-state index contributed by atoms with van der Waals surface area (Å²) in [5.74, 6) is 5.55. The van der Waals surface area contributed by atoms with Crippen molar-refractivity contribution in [3.8, 4) is 17.6 Å². The number of hydrogen-bond acceptors (Lipinski definition) is 8. The SMILES string of the molecule is COC[C@H](O)CN1CC[C@@H](Nc2cccc3c2cc(C#CCNc2ccc(C(=O)OC)cc2OC)n3CC(F)(F)F)[C@@H](F)C1. The Hall–Kier alpha value is -3.99. The number of alkyl halides is 4. The normalized spacial score (nSPS) is 17.9. The number of piperidine rings is 1. The third-order valence-corrected chi connectivity index (χ3v) is 7.28. The van der Waals surface area contributed by atoms with Crippen LogP contribution in [0.15, 0.2) is 42.5 Å². The number of β-amino-alcohol motifs (C(OH)–C–C–N with tert-alkyl or cyclic N) is 1. The van der Waals surface area contributed by atoms with E-state index in [1.165, 1.54) is 27.4 Å². The summed E-state index contributed by atoms with van der Waals surface area (Å²) < 4.78 is 72.1. The minimum Gasteiger partial charge on any atom is -0.495 e. The smallest absolute Gasteiger partial charge is 0.406 e. The molecule has 0 unspecified atom stereocenters. The molecule has 13 heteroatoms. The molecular formula is C31H36F4N4O5. The topological polar surface area (TPSA) is 97.2 Å². The number of carbonyl (C=O) groups is 1. The van der Waals surface area contributed by atoms with Gasteiger partial charge in [0.25, 0.3) is 0 Å². The van der Waals surface area contributed by atoms with E-state index in [1.807, 2.05) is 4.90 Å². The molecule has 9 nitrogen and oxygen atoms in total. The lowest BCUT2D eigenvalue weighted by atomic mass is 10.0. The number of nitrogens with one attached hydrogen (secondary N) is 2. The summed E-state index contributed by atoms with van der Waals surface area (Å²) in [6.45, 7) is -0.0554. The van der Waals surface area contributed by atoms with Crippen molar-refractivity contribution in [2.24, 2.45) is 0 Å². The molecule has 0 saturated carbocycles. The first-order chi connectivity index (χ1) is 21.0. The fourth-order valence-electron chi connectivity index (χ4n) is 5.26. The highest BCUT2D eigenvalue weighted by atomic mass is 19.4. The molecule has 44 heavy (non-hydrogen) atoms. The number of anilines is 2. The van der Waals surface area contributed by atoms with Crippen LogP contribution >= 0.6 is 0 Å². The maximum Gasteiger partial charge on any atom is 0.406 e. The predicted octanol–water partition coefficient (Wildman–Crippen LogP) is 4.29. The molecule has 0 radical (unpaired) electrons. The molecule has 2 heterocycles. The number of carbonyl (C=O) groups excluding carboxylic acids is 1. The molecular weight excluding hydrogens is 584 g/mol. The van der Waals surface area contributed by atoms with Crippen LogP contribution in [0.2, 0.25) is 0 Å². The number of nitrogens with zero attached hydrogens (tertiary/aromatic N) is 2. The first kappa shape index (κ1) is 32.9. The average molecular weight is 621 g/mol. The van der Waals surface area contributed by atoms with E-state index >= 15 is 4.39 Å². The number of likely N-dealkylation sites (tertiary alicyclic amines) is 1. The number of aromatic nitrogens is 1. The van der Waals surface area contributed by atoms with Gasteiger partial charge in [-0.1, -0.05) is 12.0 Å². The van der Waals surface area contributed by atoms with Gasteiger partial charge in [-0.25, -0.2) is 9.18 Å². The van der Waals surface area contributed by atoms with Crippen LogP contribution < -0.4 is 15.4 Å². The van der Waals surface area contributed by atoms with Crippen molar-refractivity contribution in [1.82, 2.24) is 9.47 Å². The lowest BCUT2D eigenvalue weighted by Gasteiger charge is -2.36. The third kappa shape index (κ3) is 8.34. The number of esters is 1. The number of hydrogen-bond donors (Lipinski definition) is 3. The van der Waals surface area contributed by atoms with Crippen molar-refractivity contribution in [3.05, 3.63) is 53.7 Å². The highest BCUT2D eigenvalue weighted by Crippen LogP contribution is 2.32. The Morgan fingerprint density at radius 3 is 2.64 bits per heavy atom. The molecule has 1 aliphatic heterocycles. The largest absolute Gasteiger partial charge is 0.495 e. The Kier molecular flexibility index (Phi) is 11.0. The zero-order chi connectivity index (χ0) is 31.9. The van der Waals surface area contributed by atoms with Gasteiger partial charge in [-0.2, -0.15) is 13.2 Å². The molecule has 238 valence electrons. The van der Waals surface area contributed by atoms with E-state index in [4.69, 9.17) is 14.2 Å². The first-order valence-corrected chi connectivity index (χ1v) is 14.0. The number of aliphatic hydroxyl groups is 1. The maximum absolute atomic E-state index is 15.2. The van der Waals surface area contributed by atoms with Crippen LogP contribution in [0.4, 0.5) is 28.9 Å². The number of benzene rings is 2. The van der Waals surface area contributed by atoms with E-state index in [-0.39, 0.29) is 25.4 Å². The molecule has 1 aliphatic rings. The molecule has 0 aliphatic carbocycles. The van der Waals surface area contributed by atoms with Crippen molar-refractivity contribution in [1.29, 1.82) is 0 Å². The van der Waals surface area contributed by atoms with Crippen LogP contribution in [0.1, 0.15) is 22.5 Å². The molecule has 3 N–H and O–H groups in total. The average Bonchev–Trinajstić information content (AvgIpc) is 3.32. The summed E-state index contributed by atoms with van der Waals surface area (Å²) in [5.41, 5.74) is 1.82. The van der Waals surface area contributed by atoms with Crippen LogP contribution in [0.25, 0.3) is 10.9 Å². The van der Waals surface area contributed by atoms with Crippen LogP contribution in [0.3, 0.4) is 0 Å². The molecule has 1 aromatic heterocycles. The standard InChI is InChI=1S/C31H36F4N4O5/c1-42-18-22(40)16-38-13-11-26(24(32)17-38)37-25-7-4-8-28-23(25)15-21(39(28)19-31(33,34)35)6-5-12-36-27-10-9-20(30(41)44-3)14-29(27)43-2/h4,7-10,14-15,22,24,26,36-37,40H,11-13,16-19H2,1-3H3/t22-,24+,26-/m1/s1. The second-order valence-corrected chi connectivity index (χ2v) is 10.5. The Labute approximate surface area is 253 Å². The minimum absolute atomic E-state index is 0.0771. The lowest BCUT2D eigenvalue weighted by Crippen LogP contribution is -2.50. The first-order valence-electron chi connectivity index (χ1n) is 14.0. The van der Waals surface area contributed by atoms with Gasteiger partial charge in [-0.05, 0) is 48.7 Å². The summed E-state index contributed by atoms with van der Waals surface area (Å²) in [4.78, 5) is 13.6. The van der Waals surface area contributed by atoms with Gasteiger partial charge < -0.3 is 34.5 Å². The third-order valence-electron chi connectivity index (χ3n) is 7.28. The predicted molar refractivity (Wildman–Crippen MR) is 159 cm³/mol. The van der Waals surface area contributed by atoms with Gasteiger partial charge in [0.1, 0.15) is 18.5 Å². The lowest BCUT2D eigenvalue weighted by molar-refractivity contribution is -0.140. The number of ether oxygens (including phenoxy) is 3. The van der Waals surface area contributed by atoms with E-state index in [0.717, 1.165) is 4.57 Å². The monoisotopic (exact) mass is 620 g/mol. The Bertz CT molecular complexity index is 1500. The summed E-state index contributed by atoms with van der Waals surface area (Å²) >= 11 is 0. The van der Waals surface area contributed by atoms with Crippen molar-refractivity contribution >= 4 is 28.2 Å². The quantitative estimate of drug-likeness (QED) is 0.166. The van der Waals surface area contributed by atoms with Gasteiger partial charge in [0, 0.05) is 37.8 Å². The van der Waals surface area contributed by atoms with E-state index in [2.05, 4.69) is 22.5 Å². The van der Waals surface area contributed by atoms with Crippen LogP contribution in [-0.2, 0) is 16.0 Å². The van der Waals surface area contributed by atoms with Crippen molar-refractivity contribution < 1.29 is 41.7 Å². The number of methoxy groups -OCH3 is 3. The van der Waals surface area contributed by atoms with Gasteiger partial charge in [0.05, 0.1) is 62.0 Å². The van der Waals surface area contributed by atoms with Gasteiger partial charge >= 0.3 is 12.1 Å². The Morgan fingerprint density at radius 1 is 1.16 bits per heavy atom. The highest BCUT2D eigenvalue weighted by Gasteiger charge is 2.32. The van der Waals surface area contributed by atoms with E-state index < -0.39 is 37.0 Å². The molecule has 1 saturated heterocycles. The summed E-state index contributed by atoms with van der Waals surface area (Å²) in [6.07, 6.45) is -6.02. The van der Waals surface area contributed by atoms with E-state index in [1.54, 1.807) is 36.4 Å². The minimum atomic E-state index is -4.50.